The number of rotatable bonds is 5. The van der Waals surface area contributed by atoms with E-state index in [4.69, 9.17) is 9.47 Å². The zero-order valence-corrected chi connectivity index (χ0v) is 19.2. The van der Waals surface area contributed by atoms with Gasteiger partial charge in [0.25, 0.3) is 0 Å². The number of hydrogen-bond acceptors (Lipinski definition) is 4. The van der Waals surface area contributed by atoms with Crippen LogP contribution in [0.5, 0.6) is 0 Å². The third-order valence-corrected chi connectivity index (χ3v) is 5.51. The molecule has 1 aliphatic rings. The molecule has 0 unspecified atom stereocenters. The first-order valence-corrected chi connectivity index (χ1v) is 11.3. The summed E-state index contributed by atoms with van der Waals surface area (Å²) in [5.74, 6) is -0.386. The highest BCUT2D eigenvalue weighted by molar-refractivity contribution is 9.09. The number of ether oxygens (including phenoxy) is 2. The Morgan fingerprint density at radius 1 is 1.07 bits per heavy atom. The maximum Gasteiger partial charge on any atom is 0.414 e. The van der Waals surface area contributed by atoms with Crippen molar-refractivity contribution in [3.8, 4) is 0 Å². The summed E-state index contributed by atoms with van der Waals surface area (Å²) in [7, 11) is 0. The quantitative estimate of drug-likeness (QED) is 0.386. The van der Waals surface area contributed by atoms with Gasteiger partial charge in [-0.3, -0.25) is 4.90 Å². The van der Waals surface area contributed by atoms with Gasteiger partial charge >= 0.3 is 12.1 Å². The number of hydrogen-bond donors (Lipinski definition) is 0. The molecule has 0 bridgehead atoms. The second-order valence-corrected chi connectivity index (χ2v) is 9.23. The molecule has 30 heavy (non-hydrogen) atoms. The summed E-state index contributed by atoms with van der Waals surface area (Å²) in [6.07, 6.45) is 0.915. The molecule has 2 atom stereocenters. The second-order valence-electron chi connectivity index (χ2n) is 8.43. The minimum Gasteiger partial charge on any atom is -0.453 e. The largest absolute Gasteiger partial charge is 0.453 e. The van der Waals surface area contributed by atoms with Crippen LogP contribution in [-0.2, 0) is 9.47 Å². The average molecular weight is 474 g/mol. The Balaban J connectivity index is 1.94. The van der Waals surface area contributed by atoms with Crippen LogP contribution >= 0.6 is 15.9 Å². The highest BCUT2D eigenvalue weighted by Gasteiger charge is 2.39. The lowest BCUT2D eigenvalue weighted by Crippen LogP contribution is -2.45. The van der Waals surface area contributed by atoms with E-state index < -0.39 is 11.7 Å². The highest BCUT2D eigenvalue weighted by Crippen LogP contribution is 2.42. The summed E-state index contributed by atoms with van der Waals surface area (Å²) in [5.41, 5.74) is 1.49. The summed E-state index contributed by atoms with van der Waals surface area (Å²) in [6.45, 7) is 6.00. The van der Waals surface area contributed by atoms with Crippen molar-refractivity contribution >= 4 is 33.7 Å². The fourth-order valence-corrected chi connectivity index (χ4v) is 3.97. The molecule has 0 fully saturated rings. The van der Waals surface area contributed by atoms with Gasteiger partial charge in [0, 0.05) is 23.4 Å². The molecule has 2 aromatic carbocycles. The normalized spacial score (nSPS) is 18.5. The molecule has 0 saturated heterocycles. The molecule has 1 amide bonds. The zero-order valence-electron chi connectivity index (χ0n) is 17.6. The molecule has 2 aromatic rings. The molecule has 160 valence electrons. The number of amides is 1. The molecule has 0 spiro atoms. The van der Waals surface area contributed by atoms with Crippen molar-refractivity contribution in [2.45, 2.75) is 45.3 Å². The number of halogens is 1. The monoisotopic (exact) mass is 473 g/mol. The zero-order chi connectivity index (χ0) is 21.7. The first-order chi connectivity index (χ1) is 14.3. The molecule has 0 saturated carbocycles. The summed E-state index contributed by atoms with van der Waals surface area (Å²) in [5, 5.41) is 0.844. The molecule has 0 N–H and O–H groups in total. The molecule has 0 aromatic heterocycles. The van der Waals surface area contributed by atoms with Gasteiger partial charge in [-0.25, -0.2) is 9.59 Å². The summed E-state index contributed by atoms with van der Waals surface area (Å²) >= 11 is 3.49. The van der Waals surface area contributed by atoms with E-state index in [9.17, 15) is 9.59 Å². The second kappa shape index (κ2) is 9.65. The van der Waals surface area contributed by atoms with Gasteiger partial charge in [0.05, 0.1) is 11.3 Å². The number of carbonyl (C=O) groups is 2. The van der Waals surface area contributed by atoms with Gasteiger partial charge in [0.2, 0.25) is 0 Å². The first kappa shape index (κ1) is 22.3. The van der Waals surface area contributed by atoms with Gasteiger partial charge in [-0.2, -0.15) is 0 Å². The SMILES string of the molecule is CC(C)(C)OC(=O)N1C[C@H](CCCBr)[C@H](OC(=O)c2ccccc2)c2ccccc21. The lowest BCUT2D eigenvalue weighted by Gasteiger charge is -2.40. The fourth-order valence-electron chi connectivity index (χ4n) is 3.65. The van der Waals surface area contributed by atoms with E-state index in [0.29, 0.717) is 12.1 Å². The third kappa shape index (κ3) is 5.42. The molecule has 3 rings (SSSR count). The van der Waals surface area contributed by atoms with E-state index >= 15 is 0 Å². The molecule has 1 aliphatic heterocycles. The van der Waals surface area contributed by atoms with E-state index in [1.807, 2.05) is 63.2 Å². The molecule has 0 aliphatic carbocycles. The van der Waals surface area contributed by atoms with Crippen LogP contribution in [0.3, 0.4) is 0 Å². The van der Waals surface area contributed by atoms with E-state index in [1.54, 1.807) is 17.0 Å². The van der Waals surface area contributed by atoms with Crippen molar-refractivity contribution in [3.63, 3.8) is 0 Å². The van der Waals surface area contributed by atoms with Crippen LogP contribution in [0.15, 0.2) is 54.6 Å². The summed E-state index contributed by atoms with van der Waals surface area (Å²) in [6, 6.07) is 16.6. The summed E-state index contributed by atoms with van der Waals surface area (Å²) < 4.78 is 11.7. The van der Waals surface area contributed by atoms with Gasteiger partial charge in [-0.1, -0.05) is 52.3 Å². The number of para-hydroxylation sites is 1. The van der Waals surface area contributed by atoms with Gasteiger partial charge < -0.3 is 9.47 Å². The van der Waals surface area contributed by atoms with Crippen molar-refractivity contribution < 1.29 is 19.1 Å². The van der Waals surface area contributed by atoms with Crippen LogP contribution in [0, 0.1) is 5.92 Å². The number of alkyl halides is 1. The molecular weight excluding hydrogens is 446 g/mol. The Bertz CT molecular complexity index is 878. The van der Waals surface area contributed by atoms with Crippen LogP contribution in [0.1, 0.15) is 55.6 Å². The number of nitrogens with zero attached hydrogens (tertiary/aromatic N) is 1. The fraction of sp³-hybridized carbons (Fsp3) is 0.417. The van der Waals surface area contributed by atoms with Gasteiger partial charge in [0.1, 0.15) is 11.7 Å². The molecule has 1 heterocycles. The standard InChI is InChI=1S/C24H28BrNO4/c1-24(2,3)30-23(28)26-16-18(12-9-15-25)21(19-13-7-8-14-20(19)26)29-22(27)17-10-5-4-6-11-17/h4-8,10-11,13-14,18,21H,9,12,15-16H2,1-3H3/t18-,21-/m0/s1. The van der Waals surface area contributed by atoms with E-state index in [0.717, 1.165) is 29.4 Å². The maximum atomic E-state index is 12.9. The van der Waals surface area contributed by atoms with E-state index in [2.05, 4.69) is 15.9 Å². The number of carbonyl (C=O) groups excluding carboxylic acids is 2. The lowest BCUT2D eigenvalue weighted by atomic mass is 9.86. The van der Waals surface area contributed by atoms with Crippen LogP contribution in [-0.4, -0.2) is 29.5 Å². The molecular formula is C24H28BrNO4. The Labute approximate surface area is 186 Å². The Hall–Kier alpha value is -2.34. The number of fused-ring (bicyclic) bond motifs is 1. The van der Waals surface area contributed by atoms with Crippen molar-refractivity contribution in [3.05, 3.63) is 65.7 Å². The van der Waals surface area contributed by atoms with Gasteiger partial charge in [-0.15, -0.1) is 0 Å². The van der Waals surface area contributed by atoms with Crippen LogP contribution in [0.25, 0.3) is 0 Å². The molecule has 0 radical (unpaired) electrons. The van der Waals surface area contributed by atoms with Crippen molar-refractivity contribution in [1.82, 2.24) is 0 Å². The Kier molecular flexibility index (Phi) is 7.19. The van der Waals surface area contributed by atoms with Gasteiger partial charge in [-0.05, 0) is 51.8 Å². The van der Waals surface area contributed by atoms with Crippen LogP contribution < -0.4 is 4.90 Å². The first-order valence-electron chi connectivity index (χ1n) is 10.2. The number of esters is 1. The van der Waals surface area contributed by atoms with E-state index in [-0.39, 0.29) is 18.0 Å². The van der Waals surface area contributed by atoms with Crippen molar-refractivity contribution in [2.24, 2.45) is 5.92 Å². The smallest absolute Gasteiger partial charge is 0.414 e. The number of anilines is 1. The maximum absolute atomic E-state index is 12.9. The topological polar surface area (TPSA) is 55.8 Å². The predicted octanol–water partition coefficient (Wildman–Crippen LogP) is 6.13. The van der Waals surface area contributed by atoms with Crippen LogP contribution in [0.4, 0.5) is 10.5 Å². The minimum atomic E-state index is -0.589. The summed E-state index contributed by atoms with van der Waals surface area (Å²) in [4.78, 5) is 27.4. The highest BCUT2D eigenvalue weighted by atomic mass is 79.9. The van der Waals surface area contributed by atoms with Crippen molar-refractivity contribution in [1.29, 1.82) is 0 Å². The molecule has 6 heteroatoms. The lowest BCUT2D eigenvalue weighted by molar-refractivity contribution is 0.00961. The van der Waals surface area contributed by atoms with Gasteiger partial charge in [0.15, 0.2) is 0 Å². The average Bonchev–Trinajstić information content (AvgIpc) is 2.72. The third-order valence-electron chi connectivity index (χ3n) is 4.95. The number of benzene rings is 2. The Morgan fingerprint density at radius 2 is 1.73 bits per heavy atom. The predicted molar refractivity (Wildman–Crippen MR) is 121 cm³/mol. The van der Waals surface area contributed by atoms with Crippen molar-refractivity contribution in [2.75, 3.05) is 16.8 Å². The Morgan fingerprint density at radius 3 is 2.40 bits per heavy atom. The van der Waals surface area contributed by atoms with E-state index in [1.165, 1.54) is 0 Å². The minimum absolute atomic E-state index is 0.0300. The molecule has 5 nitrogen and oxygen atoms in total. The van der Waals surface area contributed by atoms with Crippen LogP contribution in [0.2, 0.25) is 0 Å².